The van der Waals surface area contributed by atoms with Crippen molar-refractivity contribution >= 4 is 39.0 Å². The Bertz CT molecular complexity index is 1280. The zero-order chi connectivity index (χ0) is 25.0. The molecule has 2 aromatic carbocycles. The molecule has 2 aromatic rings. The molecular weight excluding hydrogens is 510 g/mol. The van der Waals surface area contributed by atoms with Crippen molar-refractivity contribution < 1.29 is 36.6 Å². The second-order valence-electron chi connectivity index (χ2n) is 8.58. The molecular formula is C21H21ClF2N4O6S. The van der Waals surface area contributed by atoms with Crippen LogP contribution in [0.4, 0.5) is 25.0 Å². The summed E-state index contributed by atoms with van der Waals surface area (Å²) >= 11 is 6.11. The second-order valence-corrected chi connectivity index (χ2v) is 10.6. The normalized spacial score (nSPS) is 24.3. The van der Waals surface area contributed by atoms with Crippen LogP contribution in [0.25, 0.3) is 0 Å². The Balaban J connectivity index is 1.33. The summed E-state index contributed by atoms with van der Waals surface area (Å²) in [5.74, 6) is -1.41. The maximum absolute atomic E-state index is 13.4. The third-order valence-corrected chi connectivity index (χ3v) is 8.09. The van der Waals surface area contributed by atoms with Crippen LogP contribution < -0.4 is 30.1 Å². The molecule has 14 heteroatoms. The molecule has 2 amide bonds. The highest BCUT2D eigenvalue weighted by atomic mass is 35.5. The highest BCUT2D eigenvalue weighted by molar-refractivity contribution is 7.89. The van der Waals surface area contributed by atoms with E-state index >= 15 is 0 Å². The Morgan fingerprint density at radius 3 is 2.49 bits per heavy atom. The number of carbonyl (C=O) groups excluding carboxylic acids is 1. The Morgan fingerprint density at radius 1 is 1.09 bits per heavy atom. The van der Waals surface area contributed by atoms with Crippen LogP contribution in [0.5, 0.6) is 17.2 Å². The summed E-state index contributed by atoms with van der Waals surface area (Å²) in [5, 5.41) is 18.5. The predicted molar refractivity (Wildman–Crippen MR) is 122 cm³/mol. The molecule has 5 N–H and O–H groups in total. The van der Waals surface area contributed by atoms with Crippen molar-refractivity contribution in [2.24, 2.45) is 0 Å². The SMILES string of the molecule is O=C(Nc1ccc(Cl)c(S(=O)(=O)NC2CC3CCC(C2)N3)c1O)Nc1cccc2c1OC(F)(F)O2. The largest absolute Gasteiger partial charge is 0.586 e. The quantitative estimate of drug-likeness (QED) is 0.372. The summed E-state index contributed by atoms with van der Waals surface area (Å²) in [7, 11) is -4.23. The molecule has 2 bridgehead atoms. The first-order valence-electron chi connectivity index (χ1n) is 10.8. The van der Waals surface area contributed by atoms with Crippen molar-refractivity contribution in [3.05, 3.63) is 35.4 Å². The number of hydrogen-bond acceptors (Lipinski definition) is 7. The first-order chi connectivity index (χ1) is 16.5. The van der Waals surface area contributed by atoms with Gasteiger partial charge in [0.25, 0.3) is 0 Å². The number of carbonyl (C=O) groups is 1. The fourth-order valence-corrected chi connectivity index (χ4v) is 6.57. The van der Waals surface area contributed by atoms with Crippen LogP contribution in [-0.2, 0) is 10.0 Å². The molecule has 5 rings (SSSR count). The van der Waals surface area contributed by atoms with Gasteiger partial charge >= 0.3 is 12.3 Å². The minimum atomic E-state index is -4.23. The standard InChI is InChI=1S/C21H21ClF2N4O6S/c22-13-6-7-14(26-20(30)27-15-2-1-3-16-18(15)34-21(23,24)33-16)17(29)19(13)35(31,32)28-12-8-10-4-5-11(9-12)25-10/h1-3,6-7,10-12,25,28-29H,4-5,8-9H2,(H2,26,27,30). The van der Waals surface area contributed by atoms with Crippen molar-refractivity contribution in [2.45, 2.75) is 55.0 Å². The lowest BCUT2D eigenvalue weighted by molar-refractivity contribution is -0.286. The third-order valence-electron chi connectivity index (χ3n) is 6.07. The second kappa shape index (κ2) is 8.66. The number of ether oxygens (including phenoxy) is 2. The summed E-state index contributed by atoms with van der Waals surface area (Å²) in [6, 6.07) is 5.52. The number of rotatable bonds is 5. The van der Waals surface area contributed by atoms with Crippen LogP contribution >= 0.6 is 11.6 Å². The number of nitrogens with one attached hydrogen (secondary N) is 4. The van der Waals surface area contributed by atoms with Crippen LogP contribution in [0.1, 0.15) is 25.7 Å². The van der Waals surface area contributed by atoms with E-state index in [1.54, 1.807) is 0 Å². The number of piperidine rings is 1. The van der Waals surface area contributed by atoms with Gasteiger partial charge in [-0.05, 0) is 49.9 Å². The number of para-hydroxylation sites is 1. The minimum absolute atomic E-state index is 0.124. The number of sulfonamides is 1. The number of halogens is 3. The lowest BCUT2D eigenvalue weighted by Crippen LogP contribution is -2.47. The lowest BCUT2D eigenvalue weighted by atomic mass is 10.0. The monoisotopic (exact) mass is 530 g/mol. The summed E-state index contributed by atoms with van der Waals surface area (Å²) in [6.45, 7) is 0. The first kappa shape index (κ1) is 23.9. The van der Waals surface area contributed by atoms with Gasteiger partial charge in [0, 0.05) is 18.1 Å². The van der Waals surface area contributed by atoms with E-state index in [1.165, 1.54) is 30.3 Å². The maximum atomic E-state index is 13.4. The van der Waals surface area contributed by atoms with Crippen LogP contribution in [0, 0.1) is 0 Å². The van der Waals surface area contributed by atoms with Gasteiger partial charge in [-0.2, -0.15) is 0 Å². The number of aromatic hydroxyl groups is 1. The number of phenolic OH excluding ortho intramolecular Hbond substituents is 1. The van der Waals surface area contributed by atoms with Crippen molar-refractivity contribution in [1.82, 2.24) is 10.0 Å². The third kappa shape index (κ3) is 4.81. The zero-order valence-corrected chi connectivity index (χ0v) is 19.6. The molecule has 0 spiro atoms. The smallest absolute Gasteiger partial charge is 0.504 e. The van der Waals surface area contributed by atoms with E-state index in [-0.39, 0.29) is 46.0 Å². The van der Waals surface area contributed by atoms with Crippen LogP contribution in [-0.4, -0.2) is 44.0 Å². The van der Waals surface area contributed by atoms with Crippen LogP contribution in [0.2, 0.25) is 5.02 Å². The van der Waals surface area contributed by atoms with Crippen molar-refractivity contribution in [3.8, 4) is 17.2 Å². The van der Waals surface area contributed by atoms with E-state index in [0.717, 1.165) is 12.8 Å². The molecule has 35 heavy (non-hydrogen) atoms. The van der Waals surface area contributed by atoms with Gasteiger partial charge in [0.15, 0.2) is 17.2 Å². The van der Waals surface area contributed by atoms with E-state index in [1.807, 2.05) is 0 Å². The average molecular weight is 531 g/mol. The molecule has 0 radical (unpaired) electrons. The van der Waals surface area contributed by atoms with Gasteiger partial charge in [0.1, 0.15) is 4.90 Å². The Kier molecular flexibility index (Phi) is 5.90. The molecule has 2 saturated heterocycles. The molecule has 3 aliphatic heterocycles. The highest BCUT2D eigenvalue weighted by Gasteiger charge is 2.44. The molecule has 2 fully saturated rings. The highest BCUT2D eigenvalue weighted by Crippen LogP contribution is 2.46. The van der Waals surface area contributed by atoms with Crippen molar-refractivity contribution in [3.63, 3.8) is 0 Å². The van der Waals surface area contributed by atoms with Gasteiger partial charge in [0.2, 0.25) is 10.0 Å². The molecule has 0 aromatic heterocycles. The summed E-state index contributed by atoms with van der Waals surface area (Å²) in [6.07, 6.45) is -0.706. The Labute approximate surface area is 204 Å². The average Bonchev–Trinajstić information content (AvgIpc) is 3.27. The number of benzene rings is 2. The summed E-state index contributed by atoms with van der Waals surface area (Å²) in [4.78, 5) is 11.9. The molecule has 10 nitrogen and oxygen atoms in total. The number of alkyl halides is 2. The van der Waals surface area contributed by atoms with Gasteiger partial charge in [-0.3, -0.25) is 0 Å². The van der Waals surface area contributed by atoms with Gasteiger partial charge in [0.05, 0.1) is 16.4 Å². The topological polar surface area (TPSA) is 138 Å². The molecule has 188 valence electrons. The fourth-order valence-electron chi connectivity index (χ4n) is 4.68. The maximum Gasteiger partial charge on any atom is 0.586 e. The number of phenols is 1. The van der Waals surface area contributed by atoms with E-state index < -0.39 is 33.0 Å². The molecule has 0 saturated carbocycles. The predicted octanol–water partition coefficient (Wildman–Crippen LogP) is 3.57. The van der Waals surface area contributed by atoms with Gasteiger partial charge < -0.3 is 30.5 Å². The van der Waals surface area contributed by atoms with Gasteiger partial charge in [-0.1, -0.05) is 17.7 Å². The van der Waals surface area contributed by atoms with Crippen molar-refractivity contribution in [2.75, 3.05) is 10.6 Å². The summed E-state index contributed by atoms with van der Waals surface area (Å²) < 4.78 is 64.3. The Hall–Kier alpha value is -2.87. The van der Waals surface area contributed by atoms with Crippen LogP contribution in [0.3, 0.4) is 0 Å². The molecule has 2 unspecified atom stereocenters. The van der Waals surface area contributed by atoms with E-state index in [9.17, 15) is 27.1 Å². The molecule has 3 aliphatic rings. The fraction of sp³-hybridized carbons (Fsp3) is 0.381. The van der Waals surface area contributed by atoms with Gasteiger partial charge in [-0.25, -0.2) is 17.9 Å². The molecule has 0 aliphatic carbocycles. The minimum Gasteiger partial charge on any atom is -0.504 e. The number of anilines is 2. The molecule has 2 atom stereocenters. The van der Waals surface area contributed by atoms with E-state index in [0.29, 0.717) is 12.8 Å². The van der Waals surface area contributed by atoms with Gasteiger partial charge in [-0.15, -0.1) is 8.78 Å². The first-order valence-corrected chi connectivity index (χ1v) is 12.6. The zero-order valence-electron chi connectivity index (χ0n) is 18.0. The van der Waals surface area contributed by atoms with E-state index in [2.05, 4.69) is 30.1 Å². The van der Waals surface area contributed by atoms with Crippen molar-refractivity contribution in [1.29, 1.82) is 0 Å². The number of amides is 2. The number of fused-ring (bicyclic) bond motifs is 3. The molecule has 3 heterocycles. The lowest BCUT2D eigenvalue weighted by Gasteiger charge is -2.29. The number of urea groups is 1. The summed E-state index contributed by atoms with van der Waals surface area (Å²) in [5.41, 5.74) is -0.381. The number of hydrogen-bond donors (Lipinski definition) is 5. The Morgan fingerprint density at radius 2 is 1.77 bits per heavy atom. The van der Waals surface area contributed by atoms with E-state index in [4.69, 9.17) is 11.6 Å². The van der Waals surface area contributed by atoms with Crippen LogP contribution in [0.15, 0.2) is 35.2 Å².